The van der Waals surface area contributed by atoms with Gasteiger partial charge < -0.3 is 10.2 Å². The van der Waals surface area contributed by atoms with E-state index in [1.807, 2.05) is 0 Å². The number of nitrogens with one attached hydrogen (secondary N) is 1. The number of rotatable bonds is 1. The molecule has 0 bridgehead atoms. The summed E-state index contributed by atoms with van der Waals surface area (Å²) in [5.74, 6) is -1.64. The summed E-state index contributed by atoms with van der Waals surface area (Å²) in [6.45, 7) is 3.05. The summed E-state index contributed by atoms with van der Waals surface area (Å²) in [4.78, 5) is 14.2. The fraction of sp³-hybridized carbons (Fsp3) is 0.929. The van der Waals surface area contributed by atoms with Crippen LogP contribution >= 0.6 is 0 Å². The molecule has 1 amide bonds. The van der Waals surface area contributed by atoms with Gasteiger partial charge in [0.1, 0.15) is 0 Å². The number of alkyl halides is 3. The van der Waals surface area contributed by atoms with E-state index >= 15 is 0 Å². The summed E-state index contributed by atoms with van der Waals surface area (Å²) in [5, 5.41) is 3.28. The highest BCUT2D eigenvalue weighted by Gasteiger charge is 2.50. The molecular formula is C14H21F3N2O. The molecular weight excluding hydrogens is 269 g/mol. The third-order valence-electron chi connectivity index (χ3n) is 5.20. The number of hydrogen-bond acceptors (Lipinski definition) is 2. The van der Waals surface area contributed by atoms with Crippen molar-refractivity contribution in [1.29, 1.82) is 0 Å². The van der Waals surface area contributed by atoms with E-state index < -0.39 is 18.0 Å². The summed E-state index contributed by atoms with van der Waals surface area (Å²) in [5.41, 5.74) is 0. The van der Waals surface area contributed by atoms with Crippen LogP contribution in [0.1, 0.15) is 25.7 Å². The van der Waals surface area contributed by atoms with Crippen molar-refractivity contribution in [3.63, 3.8) is 0 Å². The lowest BCUT2D eigenvalue weighted by Gasteiger charge is -2.34. The quantitative estimate of drug-likeness (QED) is 0.801. The summed E-state index contributed by atoms with van der Waals surface area (Å²) in [6, 6.07) is 0. The number of carbonyl (C=O) groups excluding carboxylic acids is 1. The average Bonchev–Trinajstić information content (AvgIpc) is 2.97. The highest BCUT2D eigenvalue weighted by Crippen LogP contribution is 2.43. The van der Waals surface area contributed by atoms with Crippen molar-refractivity contribution >= 4 is 5.91 Å². The topological polar surface area (TPSA) is 32.3 Å². The number of halogens is 3. The van der Waals surface area contributed by atoms with Gasteiger partial charge in [0.25, 0.3) is 0 Å². The van der Waals surface area contributed by atoms with E-state index in [0.29, 0.717) is 37.8 Å². The molecule has 3 aliphatic rings. The third kappa shape index (κ3) is 2.54. The van der Waals surface area contributed by atoms with Gasteiger partial charge in [-0.25, -0.2) is 0 Å². The molecule has 4 atom stereocenters. The van der Waals surface area contributed by atoms with Crippen molar-refractivity contribution in [2.45, 2.75) is 31.9 Å². The summed E-state index contributed by atoms with van der Waals surface area (Å²) in [7, 11) is 0. The molecule has 3 rings (SSSR count). The minimum atomic E-state index is -4.24. The maximum absolute atomic E-state index is 13.1. The Morgan fingerprint density at radius 3 is 2.25 bits per heavy atom. The molecule has 1 aliphatic carbocycles. The largest absolute Gasteiger partial charge is 0.392 e. The van der Waals surface area contributed by atoms with Gasteiger partial charge in [0, 0.05) is 32.1 Å². The second-order valence-electron chi connectivity index (χ2n) is 6.46. The molecule has 2 aliphatic heterocycles. The third-order valence-corrected chi connectivity index (χ3v) is 5.20. The molecule has 0 aromatic heterocycles. The summed E-state index contributed by atoms with van der Waals surface area (Å²) >= 11 is 0. The standard InChI is InChI=1S/C14H21F3N2O/c15-14(16,17)12-4-2-1-3-11(12)13(20)19-7-9-5-18-6-10(9)8-19/h9-12,18H,1-8H2. The zero-order valence-electron chi connectivity index (χ0n) is 11.5. The SMILES string of the molecule is O=C(C1CCCCC1C(F)(F)F)N1CC2CNCC2C1. The predicted molar refractivity (Wildman–Crippen MR) is 67.9 cm³/mol. The molecule has 114 valence electrons. The number of likely N-dealkylation sites (tertiary alicyclic amines) is 1. The Hall–Kier alpha value is -0.780. The van der Waals surface area contributed by atoms with Gasteiger partial charge in [0.15, 0.2) is 0 Å². The molecule has 4 unspecified atom stereocenters. The maximum Gasteiger partial charge on any atom is 0.392 e. The molecule has 0 aromatic carbocycles. The van der Waals surface area contributed by atoms with Crippen LogP contribution in [0.25, 0.3) is 0 Å². The van der Waals surface area contributed by atoms with E-state index in [4.69, 9.17) is 0 Å². The van der Waals surface area contributed by atoms with Crippen molar-refractivity contribution in [2.24, 2.45) is 23.7 Å². The smallest absolute Gasteiger partial charge is 0.342 e. The normalized spacial score (nSPS) is 38.0. The van der Waals surface area contributed by atoms with Crippen molar-refractivity contribution in [3.05, 3.63) is 0 Å². The molecule has 3 fully saturated rings. The lowest BCUT2D eigenvalue weighted by atomic mass is 9.78. The lowest BCUT2D eigenvalue weighted by Crippen LogP contribution is -2.44. The predicted octanol–water partition coefficient (Wildman–Crippen LogP) is 2.03. The molecule has 1 N–H and O–H groups in total. The highest BCUT2D eigenvalue weighted by molar-refractivity contribution is 5.79. The van der Waals surface area contributed by atoms with Gasteiger partial charge in [-0.1, -0.05) is 12.8 Å². The first-order valence-corrected chi connectivity index (χ1v) is 7.53. The van der Waals surface area contributed by atoms with Crippen LogP contribution in [0.5, 0.6) is 0 Å². The van der Waals surface area contributed by atoms with Crippen LogP contribution in [0.4, 0.5) is 13.2 Å². The minimum absolute atomic E-state index is 0.113. The Bertz CT molecular complexity index is 373. The molecule has 0 spiro atoms. The molecule has 0 radical (unpaired) electrons. The second kappa shape index (κ2) is 5.20. The van der Waals surface area contributed by atoms with Crippen LogP contribution in [-0.4, -0.2) is 43.2 Å². The van der Waals surface area contributed by atoms with Crippen molar-refractivity contribution in [2.75, 3.05) is 26.2 Å². The molecule has 2 saturated heterocycles. The van der Waals surface area contributed by atoms with Gasteiger partial charge in [-0.05, 0) is 24.7 Å². The molecule has 2 heterocycles. The molecule has 6 heteroatoms. The van der Waals surface area contributed by atoms with Crippen LogP contribution in [-0.2, 0) is 4.79 Å². The van der Waals surface area contributed by atoms with Crippen LogP contribution in [0.3, 0.4) is 0 Å². The number of carbonyl (C=O) groups is 1. The average molecular weight is 290 g/mol. The monoisotopic (exact) mass is 290 g/mol. The van der Waals surface area contributed by atoms with Crippen LogP contribution in [0, 0.1) is 23.7 Å². The van der Waals surface area contributed by atoms with Crippen LogP contribution in [0.2, 0.25) is 0 Å². The van der Waals surface area contributed by atoms with Gasteiger partial charge in [-0.3, -0.25) is 4.79 Å². The van der Waals surface area contributed by atoms with E-state index in [0.717, 1.165) is 19.5 Å². The molecule has 20 heavy (non-hydrogen) atoms. The number of fused-ring (bicyclic) bond motifs is 1. The minimum Gasteiger partial charge on any atom is -0.342 e. The molecule has 0 aromatic rings. The Morgan fingerprint density at radius 2 is 1.65 bits per heavy atom. The van der Waals surface area contributed by atoms with Gasteiger partial charge in [-0.2, -0.15) is 13.2 Å². The van der Waals surface area contributed by atoms with E-state index in [1.165, 1.54) is 0 Å². The Morgan fingerprint density at radius 1 is 1.05 bits per heavy atom. The summed E-state index contributed by atoms with van der Waals surface area (Å²) < 4.78 is 39.3. The Labute approximate surface area is 116 Å². The van der Waals surface area contributed by atoms with Crippen LogP contribution < -0.4 is 5.32 Å². The van der Waals surface area contributed by atoms with Gasteiger partial charge >= 0.3 is 6.18 Å². The van der Waals surface area contributed by atoms with E-state index in [2.05, 4.69) is 5.32 Å². The first-order chi connectivity index (χ1) is 9.47. The first-order valence-electron chi connectivity index (χ1n) is 7.53. The Balaban J connectivity index is 1.69. The zero-order valence-corrected chi connectivity index (χ0v) is 11.5. The maximum atomic E-state index is 13.1. The van der Waals surface area contributed by atoms with Crippen molar-refractivity contribution in [1.82, 2.24) is 10.2 Å². The zero-order chi connectivity index (χ0) is 14.3. The van der Waals surface area contributed by atoms with Gasteiger partial charge in [0.2, 0.25) is 5.91 Å². The van der Waals surface area contributed by atoms with E-state index in [-0.39, 0.29) is 12.3 Å². The number of hydrogen-bond donors (Lipinski definition) is 1. The van der Waals surface area contributed by atoms with Gasteiger partial charge in [-0.15, -0.1) is 0 Å². The van der Waals surface area contributed by atoms with Crippen molar-refractivity contribution < 1.29 is 18.0 Å². The van der Waals surface area contributed by atoms with Crippen LogP contribution in [0.15, 0.2) is 0 Å². The number of nitrogens with zero attached hydrogens (tertiary/aromatic N) is 1. The van der Waals surface area contributed by atoms with Crippen molar-refractivity contribution in [3.8, 4) is 0 Å². The Kier molecular flexibility index (Phi) is 3.69. The fourth-order valence-electron chi connectivity index (χ4n) is 4.09. The molecule has 1 saturated carbocycles. The number of amides is 1. The highest BCUT2D eigenvalue weighted by atomic mass is 19.4. The molecule has 3 nitrogen and oxygen atoms in total. The summed E-state index contributed by atoms with van der Waals surface area (Å²) in [6.07, 6.45) is -2.40. The van der Waals surface area contributed by atoms with E-state index in [9.17, 15) is 18.0 Å². The fourth-order valence-corrected chi connectivity index (χ4v) is 4.09. The first kappa shape index (κ1) is 14.2. The van der Waals surface area contributed by atoms with E-state index in [1.54, 1.807) is 4.90 Å². The van der Waals surface area contributed by atoms with Gasteiger partial charge in [0.05, 0.1) is 5.92 Å². The second-order valence-corrected chi connectivity index (χ2v) is 6.46. The lowest BCUT2D eigenvalue weighted by molar-refractivity contribution is -0.200.